The minimum absolute atomic E-state index is 0.203. The van der Waals surface area contributed by atoms with E-state index >= 15 is 0 Å². The molecular formula is C11H9F3N4OS. The zero-order valence-electron chi connectivity index (χ0n) is 10.2. The topological polar surface area (TPSA) is 73.9 Å². The molecule has 0 aromatic carbocycles. The lowest BCUT2D eigenvalue weighted by Crippen LogP contribution is -2.05. The molecule has 0 bridgehead atoms. The van der Waals surface area contributed by atoms with Crippen LogP contribution >= 0.6 is 11.8 Å². The molecule has 2 rings (SSSR count). The molecule has 0 saturated heterocycles. The average Bonchev–Trinajstić information content (AvgIpc) is 2.41. The number of methoxy groups -OCH3 is 1. The number of hydrogen-bond donors (Lipinski definition) is 1. The molecule has 0 saturated carbocycles. The second kappa shape index (κ2) is 5.53. The van der Waals surface area contributed by atoms with Crippen molar-refractivity contribution in [2.45, 2.75) is 16.2 Å². The van der Waals surface area contributed by atoms with Crippen LogP contribution in [0.15, 0.2) is 34.7 Å². The first-order chi connectivity index (χ1) is 9.41. The minimum atomic E-state index is -4.41. The summed E-state index contributed by atoms with van der Waals surface area (Å²) in [6, 6.07) is 2.20. The average molecular weight is 302 g/mol. The summed E-state index contributed by atoms with van der Waals surface area (Å²) >= 11 is 1.03. The molecule has 9 heteroatoms. The maximum atomic E-state index is 12.4. The van der Waals surface area contributed by atoms with Gasteiger partial charge >= 0.3 is 6.18 Å². The van der Waals surface area contributed by atoms with Gasteiger partial charge in [0.2, 0.25) is 5.88 Å². The first-order valence-electron chi connectivity index (χ1n) is 5.27. The van der Waals surface area contributed by atoms with Crippen LogP contribution in [0, 0.1) is 0 Å². The highest BCUT2D eigenvalue weighted by Gasteiger charge is 2.30. The first kappa shape index (κ1) is 14.4. The van der Waals surface area contributed by atoms with Crippen molar-refractivity contribution >= 4 is 17.4 Å². The third kappa shape index (κ3) is 3.10. The number of pyridine rings is 1. The van der Waals surface area contributed by atoms with Crippen molar-refractivity contribution in [2.75, 3.05) is 12.8 Å². The van der Waals surface area contributed by atoms with Crippen LogP contribution in [-0.2, 0) is 6.18 Å². The van der Waals surface area contributed by atoms with E-state index in [0.29, 0.717) is 10.1 Å². The van der Waals surface area contributed by atoms with E-state index in [1.165, 1.54) is 19.5 Å². The Labute approximate surface area is 116 Å². The number of ether oxygens (including phenoxy) is 1. The van der Waals surface area contributed by atoms with E-state index in [2.05, 4.69) is 15.0 Å². The molecule has 0 aliphatic heterocycles. The molecule has 0 aliphatic carbocycles. The molecule has 0 spiro atoms. The lowest BCUT2D eigenvalue weighted by Gasteiger charge is -2.08. The predicted octanol–water partition coefficient (Wildman–Crippen LogP) is 2.63. The number of nitrogens with two attached hydrogens (primary N) is 1. The van der Waals surface area contributed by atoms with Gasteiger partial charge in [0.15, 0.2) is 0 Å². The van der Waals surface area contributed by atoms with Crippen molar-refractivity contribution in [3.05, 3.63) is 30.2 Å². The quantitative estimate of drug-likeness (QED) is 0.879. The molecule has 0 fully saturated rings. The normalized spacial score (nSPS) is 11.4. The zero-order valence-corrected chi connectivity index (χ0v) is 11.0. The number of rotatable bonds is 3. The van der Waals surface area contributed by atoms with Gasteiger partial charge in [-0.25, -0.2) is 9.97 Å². The molecule has 0 amide bonds. The lowest BCUT2D eigenvalue weighted by molar-refractivity contribution is -0.137. The Kier molecular flexibility index (Phi) is 3.98. The smallest absolute Gasteiger partial charge is 0.417 e. The predicted molar refractivity (Wildman–Crippen MR) is 66.4 cm³/mol. The van der Waals surface area contributed by atoms with Gasteiger partial charge in [-0.15, -0.1) is 0 Å². The Bertz CT molecular complexity index is 604. The van der Waals surface area contributed by atoms with Gasteiger partial charge in [-0.2, -0.15) is 18.2 Å². The third-order valence-corrected chi connectivity index (χ3v) is 3.24. The van der Waals surface area contributed by atoms with E-state index in [9.17, 15) is 13.2 Å². The highest BCUT2D eigenvalue weighted by atomic mass is 32.2. The van der Waals surface area contributed by atoms with Gasteiger partial charge in [-0.3, -0.25) is 0 Å². The summed E-state index contributed by atoms with van der Waals surface area (Å²) in [5.41, 5.74) is 5.16. The number of nitrogen functional groups attached to an aromatic ring is 1. The molecule has 2 heterocycles. The fourth-order valence-electron chi connectivity index (χ4n) is 1.32. The van der Waals surface area contributed by atoms with Crippen molar-refractivity contribution in [1.29, 1.82) is 0 Å². The van der Waals surface area contributed by atoms with E-state index in [1.54, 1.807) is 0 Å². The highest BCUT2D eigenvalue weighted by Crippen LogP contribution is 2.34. The number of aromatic nitrogens is 3. The van der Waals surface area contributed by atoms with Gasteiger partial charge in [0.25, 0.3) is 0 Å². The first-order valence-corrected chi connectivity index (χ1v) is 6.09. The van der Waals surface area contributed by atoms with Crippen LogP contribution in [0.2, 0.25) is 0 Å². The van der Waals surface area contributed by atoms with E-state index in [0.717, 1.165) is 24.0 Å². The Morgan fingerprint density at radius 2 is 1.95 bits per heavy atom. The summed E-state index contributed by atoms with van der Waals surface area (Å²) in [7, 11) is 1.41. The summed E-state index contributed by atoms with van der Waals surface area (Å²) in [6.07, 6.45) is -2.40. The van der Waals surface area contributed by atoms with Crippen LogP contribution in [0.3, 0.4) is 0 Å². The van der Waals surface area contributed by atoms with E-state index in [1.807, 2.05) is 0 Å². The van der Waals surface area contributed by atoms with E-state index in [-0.39, 0.29) is 11.6 Å². The van der Waals surface area contributed by atoms with Gasteiger partial charge in [0.05, 0.1) is 12.7 Å². The summed E-state index contributed by atoms with van der Waals surface area (Å²) in [5, 5.41) is 0.703. The van der Waals surface area contributed by atoms with Crippen LogP contribution in [0.4, 0.5) is 18.9 Å². The second-order valence-corrected chi connectivity index (χ2v) is 4.60. The number of nitrogens with zero attached hydrogens (tertiary/aromatic N) is 3. The third-order valence-electron chi connectivity index (χ3n) is 2.27. The molecule has 5 nitrogen and oxygen atoms in total. The van der Waals surface area contributed by atoms with Crippen molar-refractivity contribution < 1.29 is 17.9 Å². The molecule has 106 valence electrons. The minimum Gasteiger partial charge on any atom is -0.479 e. The molecule has 2 aromatic rings. The van der Waals surface area contributed by atoms with Crippen LogP contribution < -0.4 is 10.5 Å². The fourth-order valence-corrected chi connectivity index (χ4v) is 2.05. The number of anilines is 1. The Morgan fingerprint density at radius 1 is 1.20 bits per heavy atom. The van der Waals surface area contributed by atoms with Crippen molar-refractivity contribution in [3.63, 3.8) is 0 Å². The van der Waals surface area contributed by atoms with E-state index < -0.39 is 11.7 Å². The van der Waals surface area contributed by atoms with Gasteiger partial charge < -0.3 is 10.5 Å². The van der Waals surface area contributed by atoms with Gasteiger partial charge in [0, 0.05) is 6.20 Å². The maximum Gasteiger partial charge on any atom is 0.417 e. The van der Waals surface area contributed by atoms with Crippen molar-refractivity contribution in [1.82, 2.24) is 15.0 Å². The molecule has 0 radical (unpaired) electrons. The Hall–Kier alpha value is -2.03. The standard InChI is InChI=1S/C11H9F3N4OS/c1-19-9-8(15)10(18-5-17-9)20-7-3-2-6(4-16-7)11(12,13)14/h2-5H,15H2,1H3. The molecular weight excluding hydrogens is 293 g/mol. The second-order valence-electron chi connectivity index (χ2n) is 3.59. The van der Waals surface area contributed by atoms with Crippen LogP contribution in [0.25, 0.3) is 0 Å². The molecule has 20 heavy (non-hydrogen) atoms. The highest BCUT2D eigenvalue weighted by molar-refractivity contribution is 7.99. The molecule has 0 aliphatic rings. The number of alkyl halides is 3. The van der Waals surface area contributed by atoms with Gasteiger partial charge in [0.1, 0.15) is 22.1 Å². The van der Waals surface area contributed by atoms with Gasteiger partial charge in [-0.1, -0.05) is 0 Å². The SMILES string of the molecule is COc1ncnc(Sc2ccc(C(F)(F)F)cn2)c1N. The molecule has 2 aromatic heterocycles. The summed E-state index contributed by atoms with van der Waals surface area (Å²) < 4.78 is 42.1. The number of halogens is 3. The molecule has 0 unspecified atom stereocenters. The van der Waals surface area contributed by atoms with Crippen LogP contribution in [0.1, 0.15) is 5.56 Å². The fraction of sp³-hybridized carbons (Fsp3) is 0.182. The van der Waals surface area contributed by atoms with Gasteiger partial charge in [-0.05, 0) is 23.9 Å². The van der Waals surface area contributed by atoms with Crippen LogP contribution in [0.5, 0.6) is 5.88 Å². The monoisotopic (exact) mass is 302 g/mol. The van der Waals surface area contributed by atoms with Crippen molar-refractivity contribution in [3.8, 4) is 5.88 Å². The van der Waals surface area contributed by atoms with Crippen LogP contribution in [-0.4, -0.2) is 22.1 Å². The Morgan fingerprint density at radius 3 is 2.50 bits per heavy atom. The summed E-state index contributed by atoms with van der Waals surface area (Å²) in [5.74, 6) is 0.203. The maximum absolute atomic E-state index is 12.4. The molecule has 2 N–H and O–H groups in total. The summed E-state index contributed by atoms with van der Waals surface area (Å²) in [6.45, 7) is 0. The largest absolute Gasteiger partial charge is 0.479 e. The Balaban J connectivity index is 2.23. The lowest BCUT2D eigenvalue weighted by atomic mass is 10.3. The molecule has 0 atom stereocenters. The summed E-state index contributed by atoms with van der Waals surface area (Å²) in [4.78, 5) is 11.5. The number of hydrogen-bond acceptors (Lipinski definition) is 6. The van der Waals surface area contributed by atoms with E-state index in [4.69, 9.17) is 10.5 Å². The van der Waals surface area contributed by atoms with Crippen molar-refractivity contribution in [2.24, 2.45) is 0 Å². The zero-order chi connectivity index (χ0) is 14.8.